The van der Waals surface area contributed by atoms with E-state index in [-0.39, 0.29) is 5.91 Å². The summed E-state index contributed by atoms with van der Waals surface area (Å²) >= 11 is 3.40. The molecule has 2 rings (SSSR count). The first kappa shape index (κ1) is 11.7. The molecule has 0 aliphatic carbocycles. The van der Waals surface area contributed by atoms with Crippen LogP contribution in [0.3, 0.4) is 0 Å². The molecule has 0 aromatic carbocycles. The Morgan fingerprint density at radius 3 is 2.94 bits per heavy atom. The van der Waals surface area contributed by atoms with Crippen molar-refractivity contribution in [3.05, 3.63) is 22.4 Å². The molecule has 1 fully saturated rings. The van der Waals surface area contributed by atoms with Gasteiger partial charge in [-0.2, -0.15) is 0 Å². The summed E-state index contributed by atoms with van der Waals surface area (Å²) in [4.78, 5) is 14.4. The smallest absolute Gasteiger partial charge is 0.270 e. The molecule has 1 amide bonds. The molecule has 0 N–H and O–H groups in total. The van der Waals surface area contributed by atoms with Crippen molar-refractivity contribution in [2.24, 2.45) is 7.05 Å². The van der Waals surface area contributed by atoms with E-state index in [0.29, 0.717) is 6.04 Å². The van der Waals surface area contributed by atoms with Gasteiger partial charge in [0.15, 0.2) is 0 Å². The summed E-state index contributed by atoms with van der Waals surface area (Å²) in [7, 11) is 1.91. The van der Waals surface area contributed by atoms with Crippen molar-refractivity contribution in [3.63, 3.8) is 0 Å². The number of nitrogens with zero attached hydrogens (tertiary/aromatic N) is 2. The number of hydrogen-bond donors (Lipinski definition) is 0. The molecule has 4 heteroatoms. The van der Waals surface area contributed by atoms with E-state index < -0.39 is 0 Å². The van der Waals surface area contributed by atoms with Gasteiger partial charge in [-0.05, 0) is 41.3 Å². The van der Waals surface area contributed by atoms with E-state index in [2.05, 4.69) is 22.9 Å². The van der Waals surface area contributed by atoms with Gasteiger partial charge in [0.05, 0.1) is 0 Å². The van der Waals surface area contributed by atoms with Crippen molar-refractivity contribution in [2.45, 2.75) is 32.2 Å². The first-order valence-corrected chi connectivity index (χ1v) is 6.55. The van der Waals surface area contributed by atoms with E-state index in [0.717, 1.165) is 36.0 Å². The standard InChI is InChI=1S/C12H17BrN2O/c1-3-10-5-4-6-15(10)12(16)11-7-9(13)8-14(11)2/h7-8,10H,3-6H2,1-2H3. The van der Waals surface area contributed by atoms with E-state index in [1.165, 1.54) is 0 Å². The van der Waals surface area contributed by atoms with Crippen molar-refractivity contribution in [3.8, 4) is 0 Å². The fraction of sp³-hybridized carbons (Fsp3) is 0.583. The zero-order valence-electron chi connectivity index (χ0n) is 9.74. The van der Waals surface area contributed by atoms with Crippen LogP contribution in [0.1, 0.15) is 36.7 Å². The lowest BCUT2D eigenvalue weighted by atomic mass is 10.1. The van der Waals surface area contributed by atoms with Crippen LogP contribution in [-0.2, 0) is 7.05 Å². The van der Waals surface area contributed by atoms with Gasteiger partial charge in [0.25, 0.3) is 5.91 Å². The number of aromatic nitrogens is 1. The normalized spacial score (nSPS) is 20.4. The van der Waals surface area contributed by atoms with E-state index in [1.54, 1.807) is 0 Å². The van der Waals surface area contributed by atoms with Crippen molar-refractivity contribution < 1.29 is 4.79 Å². The molecule has 1 saturated heterocycles. The summed E-state index contributed by atoms with van der Waals surface area (Å²) in [5.74, 6) is 0.164. The fourth-order valence-corrected chi connectivity index (χ4v) is 2.94. The van der Waals surface area contributed by atoms with Crippen molar-refractivity contribution in [1.29, 1.82) is 0 Å². The molecule has 1 aliphatic heterocycles. The topological polar surface area (TPSA) is 25.2 Å². The van der Waals surface area contributed by atoms with Gasteiger partial charge in [-0.3, -0.25) is 4.79 Å². The van der Waals surface area contributed by atoms with Crippen LogP contribution in [-0.4, -0.2) is 28.0 Å². The third kappa shape index (κ3) is 2.03. The molecule has 0 bridgehead atoms. The Hall–Kier alpha value is -0.770. The minimum atomic E-state index is 0.164. The van der Waals surface area contributed by atoms with E-state index in [9.17, 15) is 4.79 Å². The predicted octanol–water partition coefficient (Wildman–Crippen LogP) is 2.80. The molecule has 0 radical (unpaired) electrons. The molecule has 2 heterocycles. The maximum atomic E-state index is 12.3. The Bertz CT molecular complexity index is 400. The van der Waals surface area contributed by atoms with Crippen LogP contribution in [0.25, 0.3) is 0 Å². The maximum absolute atomic E-state index is 12.3. The largest absolute Gasteiger partial charge is 0.345 e. The van der Waals surface area contributed by atoms with Gasteiger partial charge >= 0.3 is 0 Å². The van der Waals surface area contributed by atoms with E-state index in [4.69, 9.17) is 0 Å². The molecule has 0 spiro atoms. The quantitative estimate of drug-likeness (QED) is 0.820. The number of likely N-dealkylation sites (tertiary alicyclic amines) is 1. The molecular weight excluding hydrogens is 268 g/mol. The second-order valence-electron chi connectivity index (χ2n) is 4.36. The highest BCUT2D eigenvalue weighted by molar-refractivity contribution is 9.10. The summed E-state index contributed by atoms with van der Waals surface area (Å²) in [6, 6.07) is 2.33. The predicted molar refractivity (Wildman–Crippen MR) is 67.5 cm³/mol. The highest BCUT2D eigenvalue weighted by atomic mass is 79.9. The van der Waals surface area contributed by atoms with Gasteiger partial charge in [-0.15, -0.1) is 0 Å². The molecule has 1 unspecified atom stereocenters. The number of amides is 1. The number of halogens is 1. The Balaban J connectivity index is 2.21. The number of carbonyl (C=O) groups excluding carboxylic acids is 1. The molecule has 0 saturated carbocycles. The van der Waals surface area contributed by atoms with E-state index in [1.807, 2.05) is 28.8 Å². The van der Waals surface area contributed by atoms with Gasteiger partial charge in [0, 0.05) is 30.3 Å². The zero-order chi connectivity index (χ0) is 11.7. The van der Waals surface area contributed by atoms with E-state index >= 15 is 0 Å². The first-order valence-electron chi connectivity index (χ1n) is 5.76. The minimum Gasteiger partial charge on any atom is -0.345 e. The lowest BCUT2D eigenvalue weighted by Crippen LogP contribution is -2.36. The molecule has 88 valence electrons. The zero-order valence-corrected chi connectivity index (χ0v) is 11.3. The molecule has 1 aromatic rings. The van der Waals surface area contributed by atoms with Gasteiger partial charge in [-0.25, -0.2) is 0 Å². The molecule has 1 atom stereocenters. The maximum Gasteiger partial charge on any atom is 0.270 e. The average molecular weight is 285 g/mol. The lowest BCUT2D eigenvalue weighted by molar-refractivity contribution is 0.0724. The first-order chi connectivity index (χ1) is 7.63. The molecule has 16 heavy (non-hydrogen) atoms. The summed E-state index contributed by atoms with van der Waals surface area (Å²) in [5, 5.41) is 0. The molecule has 3 nitrogen and oxygen atoms in total. The SMILES string of the molecule is CCC1CCCN1C(=O)c1cc(Br)cn1C. The molecule has 1 aliphatic rings. The van der Waals surface area contributed by atoms with Crippen molar-refractivity contribution in [1.82, 2.24) is 9.47 Å². The van der Waals surface area contributed by atoms with Crippen LogP contribution in [0.15, 0.2) is 16.7 Å². The van der Waals surface area contributed by atoms with Crippen molar-refractivity contribution >= 4 is 21.8 Å². The Morgan fingerprint density at radius 1 is 1.62 bits per heavy atom. The molecular formula is C12H17BrN2O. The van der Waals surface area contributed by atoms with Gasteiger partial charge < -0.3 is 9.47 Å². The van der Waals surface area contributed by atoms with Crippen LogP contribution in [0.4, 0.5) is 0 Å². The highest BCUT2D eigenvalue weighted by Gasteiger charge is 2.29. The van der Waals surface area contributed by atoms with Crippen LogP contribution in [0.5, 0.6) is 0 Å². The van der Waals surface area contributed by atoms with Gasteiger partial charge in [0.1, 0.15) is 5.69 Å². The minimum absolute atomic E-state index is 0.164. The Kier molecular flexibility index (Phi) is 3.38. The molecule has 1 aromatic heterocycles. The summed E-state index contributed by atoms with van der Waals surface area (Å²) in [6.45, 7) is 3.05. The summed E-state index contributed by atoms with van der Waals surface area (Å²) < 4.78 is 2.85. The number of aryl methyl sites for hydroxylation is 1. The monoisotopic (exact) mass is 284 g/mol. The third-order valence-electron chi connectivity index (χ3n) is 3.30. The fourth-order valence-electron chi connectivity index (χ4n) is 2.41. The third-order valence-corrected chi connectivity index (χ3v) is 3.73. The summed E-state index contributed by atoms with van der Waals surface area (Å²) in [6.07, 6.45) is 5.26. The van der Waals surface area contributed by atoms with Gasteiger partial charge in [0.2, 0.25) is 0 Å². The lowest BCUT2D eigenvalue weighted by Gasteiger charge is -2.23. The second-order valence-corrected chi connectivity index (χ2v) is 5.27. The van der Waals surface area contributed by atoms with Crippen LogP contribution >= 0.6 is 15.9 Å². The Morgan fingerprint density at radius 2 is 2.38 bits per heavy atom. The van der Waals surface area contributed by atoms with Crippen molar-refractivity contribution in [2.75, 3.05) is 6.54 Å². The van der Waals surface area contributed by atoms with Crippen LogP contribution < -0.4 is 0 Å². The number of hydrogen-bond acceptors (Lipinski definition) is 1. The number of rotatable bonds is 2. The second kappa shape index (κ2) is 4.62. The summed E-state index contributed by atoms with van der Waals surface area (Å²) in [5.41, 5.74) is 0.771. The highest BCUT2D eigenvalue weighted by Crippen LogP contribution is 2.23. The van der Waals surface area contributed by atoms with Crippen LogP contribution in [0.2, 0.25) is 0 Å². The van der Waals surface area contributed by atoms with Crippen LogP contribution in [0, 0.1) is 0 Å². The van der Waals surface area contributed by atoms with Gasteiger partial charge in [-0.1, -0.05) is 6.92 Å². The number of carbonyl (C=O) groups is 1. The average Bonchev–Trinajstić information content (AvgIpc) is 2.83. The Labute approximate surface area is 105 Å².